The molecule has 1 atom stereocenters. The minimum Gasteiger partial charge on any atom is -0.508 e. The summed E-state index contributed by atoms with van der Waals surface area (Å²) >= 11 is 0. The molecule has 1 N–H and O–H groups in total. The van der Waals surface area contributed by atoms with Crippen molar-refractivity contribution in [3.05, 3.63) is 59.4 Å². The second-order valence-corrected chi connectivity index (χ2v) is 7.54. The van der Waals surface area contributed by atoms with E-state index >= 15 is 0 Å². The maximum absolute atomic E-state index is 12.6. The minimum absolute atomic E-state index is 0.0750. The van der Waals surface area contributed by atoms with Crippen molar-refractivity contribution < 1.29 is 19.4 Å². The molecule has 0 bridgehead atoms. The number of aromatic hydroxyl groups is 1. The number of rotatable bonds is 4. The summed E-state index contributed by atoms with van der Waals surface area (Å²) in [5.41, 5.74) is 2.39. The third kappa shape index (κ3) is 3.96. The molecule has 3 heterocycles. The van der Waals surface area contributed by atoms with E-state index in [-0.39, 0.29) is 23.4 Å². The number of carbonyl (C=O) groups excluding carboxylic acids is 1. The van der Waals surface area contributed by atoms with E-state index in [1.54, 1.807) is 23.1 Å². The highest BCUT2D eigenvalue weighted by atomic mass is 16.5. The van der Waals surface area contributed by atoms with Crippen LogP contribution in [0.3, 0.4) is 0 Å². The molecule has 142 valence electrons. The van der Waals surface area contributed by atoms with E-state index in [0.717, 1.165) is 24.0 Å². The van der Waals surface area contributed by atoms with Crippen molar-refractivity contribution in [2.45, 2.75) is 38.1 Å². The van der Waals surface area contributed by atoms with Crippen LogP contribution in [0.15, 0.2) is 42.7 Å². The van der Waals surface area contributed by atoms with Gasteiger partial charge in [-0.15, -0.1) is 0 Å². The molecular formula is C21H24N2O4. The summed E-state index contributed by atoms with van der Waals surface area (Å²) in [6, 6.07) is 8.54. The van der Waals surface area contributed by atoms with Gasteiger partial charge in [-0.3, -0.25) is 9.78 Å². The number of hydrogen-bond acceptors (Lipinski definition) is 5. The standard InChI is InChI=1S/C21H24N2O4/c1-15-7-16(11-22-10-15)12-26-19-5-6-27-21(9-19)13-23(14-21)20(25)17-3-2-4-18(24)8-17/h2-4,7-8,10-11,19,24H,5-6,9,12-14H2,1H3/t19-/m1/s1. The molecule has 0 unspecified atom stereocenters. The van der Waals surface area contributed by atoms with E-state index in [1.807, 2.05) is 19.3 Å². The van der Waals surface area contributed by atoms with Gasteiger partial charge < -0.3 is 19.5 Å². The number of nitrogens with zero attached hydrogens (tertiary/aromatic N) is 2. The van der Waals surface area contributed by atoms with Crippen molar-refractivity contribution >= 4 is 5.91 Å². The van der Waals surface area contributed by atoms with E-state index in [0.29, 0.717) is 31.9 Å². The van der Waals surface area contributed by atoms with Gasteiger partial charge in [0.25, 0.3) is 5.91 Å². The number of amides is 1. The molecule has 1 amide bonds. The minimum atomic E-state index is -0.305. The average Bonchev–Trinajstić information content (AvgIpc) is 2.64. The maximum Gasteiger partial charge on any atom is 0.254 e. The Balaban J connectivity index is 1.32. The first-order valence-electron chi connectivity index (χ1n) is 9.27. The number of likely N-dealkylation sites (tertiary alicyclic amines) is 1. The maximum atomic E-state index is 12.6. The van der Waals surface area contributed by atoms with Crippen LogP contribution < -0.4 is 0 Å². The molecule has 2 saturated heterocycles. The van der Waals surface area contributed by atoms with Gasteiger partial charge in [-0.25, -0.2) is 0 Å². The Hall–Kier alpha value is -2.44. The lowest BCUT2D eigenvalue weighted by Gasteiger charge is -2.53. The largest absolute Gasteiger partial charge is 0.508 e. The highest BCUT2D eigenvalue weighted by molar-refractivity contribution is 5.95. The summed E-state index contributed by atoms with van der Waals surface area (Å²) in [4.78, 5) is 18.5. The van der Waals surface area contributed by atoms with Crippen molar-refractivity contribution in [3.63, 3.8) is 0 Å². The van der Waals surface area contributed by atoms with Gasteiger partial charge in [0.2, 0.25) is 0 Å². The molecular weight excluding hydrogens is 344 g/mol. The van der Waals surface area contributed by atoms with Crippen molar-refractivity contribution in [2.75, 3.05) is 19.7 Å². The number of aromatic nitrogens is 1. The monoisotopic (exact) mass is 368 g/mol. The molecule has 6 heteroatoms. The Kier molecular flexibility index (Phi) is 4.85. The van der Waals surface area contributed by atoms with Crippen LogP contribution in [-0.2, 0) is 16.1 Å². The Labute approximate surface area is 158 Å². The van der Waals surface area contributed by atoms with Gasteiger partial charge in [-0.1, -0.05) is 12.1 Å². The van der Waals surface area contributed by atoms with Crippen molar-refractivity contribution in [1.29, 1.82) is 0 Å². The SMILES string of the molecule is Cc1cncc(CO[C@@H]2CCOC3(C2)CN(C(=O)c2cccc(O)c2)C3)c1. The van der Waals surface area contributed by atoms with Crippen LogP contribution in [0.2, 0.25) is 0 Å². The molecule has 27 heavy (non-hydrogen) atoms. The molecule has 2 fully saturated rings. The van der Waals surface area contributed by atoms with Gasteiger partial charge in [-0.05, 0) is 42.7 Å². The molecule has 0 aliphatic carbocycles. The molecule has 1 spiro atoms. The van der Waals surface area contributed by atoms with Gasteiger partial charge >= 0.3 is 0 Å². The van der Waals surface area contributed by atoms with Crippen LogP contribution in [-0.4, -0.2) is 52.3 Å². The van der Waals surface area contributed by atoms with Crippen molar-refractivity contribution in [1.82, 2.24) is 9.88 Å². The third-order valence-corrected chi connectivity index (χ3v) is 5.20. The van der Waals surface area contributed by atoms with Gasteiger partial charge in [0.1, 0.15) is 11.4 Å². The summed E-state index contributed by atoms with van der Waals surface area (Å²) in [6.45, 7) is 4.33. The van der Waals surface area contributed by atoms with E-state index < -0.39 is 0 Å². The lowest BCUT2D eigenvalue weighted by atomic mass is 9.84. The van der Waals surface area contributed by atoms with E-state index in [4.69, 9.17) is 9.47 Å². The van der Waals surface area contributed by atoms with Gasteiger partial charge in [0.05, 0.1) is 25.8 Å². The van der Waals surface area contributed by atoms with Crippen LogP contribution in [0.25, 0.3) is 0 Å². The smallest absolute Gasteiger partial charge is 0.254 e. The summed E-state index contributed by atoms with van der Waals surface area (Å²) in [6.07, 6.45) is 5.44. The normalized spacial score (nSPS) is 21.1. The molecule has 1 aromatic heterocycles. The third-order valence-electron chi connectivity index (χ3n) is 5.20. The predicted octanol–water partition coefficient (Wildman–Crippen LogP) is 2.69. The Morgan fingerprint density at radius 1 is 1.37 bits per heavy atom. The number of hydrogen-bond donors (Lipinski definition) is 1. The van der Waals surface area contributed by atoms with Crippen LogP contribution in [0.4, 0.5) is 0 Å². The fourth-order valence-corrected chi connectivity index (χ4v) is 3.87. The van der Waals surface area contributed by atoms with Gasteiger partial charge in [-0.2, -0.15) is 0 Å². The van der Waals surface area contributed by atoms with Crippen molar-refractivity contribution in [2.24, 2.45) is 0 Å². The average molecular weight is 368 g/mol. The number of carbonyl (C=O) groups is 1. The number of phenolic OH excluding ortho intramolecular Hbond substituents is 1. The fraction of sp³-hybridized carbons (Fsp3) is 0.429. The molecule has 6 nitrogen and oxygen atoms in total. The zero-order valence-electron chi connectivity index (χ0n) is 15.4. The van der Waals surface area contributed by atoms with Crippen LogP contribution in [0.5, 0.6) is 5.75 Å². The molecule has 0 radical (unpaired) electrons. The zero-order chi connectivity index (χ0) is 18.9. The number of aryl methyl sites for hydroxylation is 1. The Morgan fingerprint density at radius 3 is 3.00 bits per heavy atom. The molecule has 0 saturated carbocycles. The predicted molar refractivity (Wildman–Crippen MR) is 99.5 cm³/mol. The van der Waals surface area contributed by atoms with E-state index in [9.17, 15) is 9.90 Å². The number of ether oxygens (including phenoxy) is 2. The van der Waals surface area contributed by atoms with Crippen LogP contribution in [0.1, 0.15) is 34.3 Å². The summed E-state index contributed by atoms with van der Waals surface area (Å²) < 4.78 is 12.1. The molecule has 2 aromatic rings. The lowest BCUT2D eigenvalue weighted by Crippen LogP contribution is -2.67. The fourth-order valence-electron chi connectivity index (χ4n) is 3.87. The van der Waals surface area contributed by atoms with E-state index in [2.05, 4.69) is 11.1 Å². The summed E-state index contributed by atoms with van der Waals surface area (Å²) in [7, 11) is 0. The molecule has 1 aromatic carbocycles. The number of benzene rings is 1. The zero-order valence-corrected chi connectivity index (χ0v) is 15.4. The highest BCUT2D eigenvalue weighted by Crippen LogP contribution is 2.36. The number of phenols is 1. The molecule has 2 aliphatic rings. The second kappa shape index (κ2) is 7.29. The van der Waals surface area contributed by atoms with Crippen LogP contribution in [0, 0.1) is 6.92 Å². The quantitative estimate of drug-likeness (QED) is 0.898. The Bertz CT molecular complexity index is 832. The first-order chi connectivity index (χ1) is 13.0. The second-order valence-electron chi connectivity index (χ2n) is 7.54. The first kappa shape index (κ1) is 17.9. The lowest BCUT2D eigenvalue weighted by molar-refractivity contribution is -0.188. The van der Waals surface area contributed by atoms with Crippen LogP contribution >= 0.6 is 0 Å². The Morgan fingerprint density at radius 2 is 2.22 bits per heavy atom. The first-order valence-corrected chi connectivity index (χ1v) is 9.27. The van der Waals surface area contributed by atoms with Crippen molar-refractivity contribution in [3.8, 4) is 5.75 Å². The van der Waals surface area contributed by atoms with Gasteiger partial charge in [0, 0.05) is 31.0 Å². The summed E-state index contributed by atoms with van der Waals surface area (Å²) in [5.74, 6) is 0.0260. The number of pyridine rings is 1. The topological polar surface area (TPSA) is 71.9 Å². The van der Waals surface area contributed by atoms with Gasteiger partial charge in [0.15, 0.2) is 0 Å². The molecule has 2 aliphatic heterocycles. The highest BCUT2D eigenvalue weighted by Gasteiger charge is 2.49. The van der Waals surface area contributed by atoms with E-state index in [1.165, 1.54) is 6.07 Å². The summed E-state index contributed by atoms with van der Waals surface area (Å²) in [5, 5.41) is 9.57. The molecule has 4 rings (SSSR count).